The highest BCUT2D eigenvalue weighted by molar-refractivity contribution is 5.56. The van der Waals surface area contributed by atoms with E-state index in [1.165, 1.54) is 6.34 Å². The molecule has 0 aliphatic carbocycles. The second kappa shape index (κ2) is 5.65. The summed E-state index contributed by atoms with van der Waals surface area (Å²) in [7, 11) is 0. The minimum Gasteiger partial charge on any atom is -0.386 e. The Hall–Kier alpha value is -1.36. The van der Waals surface area contributed by atoms with Crippen LogP contribution in [-0.4, -0.2) is 48.0 Å². The number of carbonyl (C=O) groups excluding carboxylic acids is 1. The topological polar surface area (TPSA) is 64.9 Å². The quantitative estimate of drug-likeness (QED) is 0.397. The monoisotopic (exact) mass is 225 g/mol. The predicted octanol–water partition coefficient (Wildman–Crippen LogP) is 0.121. The summed E-state index contributed by atoms with van der Waals surface area (Å²) in [6.45, 7) is 6.88. The van der Waals surface area contributed by atoms with Crippen molar-refractivity contribution in [3.8, 4) is 0 Å². The van der Waals surface area contributed by atoms with Crippen molar-refractivity contribution in [2.45, 2.75) is 25.4 Å². The molecule has 1 saturated heterocycles. The molecule has 5 nitrogen and oxygen atoms in total. The lowest BCUT2D eigenvalue weighted by molar-refractivity contribution is -0.124. The smallest absolute Gasteiger partial charge is 0.209 e. The lowest BCUT2D eigenvalue weighted by Crippen LogP contribution is -2.49. The van der Waals surface area contributed by atoms with E-state index in [0.717, 1.165) is 25.1 Å². The van der Waals surface area contributed by atoms with Crippen LogP contribution >= 0.6 is 0 Å². The number of hydrogen-bond donors (Lipinski definition) is 2. The molecule has 5 heteroatoms. The molecule has 1 aliphatic heterocycles. The first-order chi connectivity index (χ1) is 7.56. The SMILES string of the molecule is C=C(C)NC=NCC1(O)CCCN(C=O)C1. The van der Waals surface area contributed by atoms with Crippen molar-refractivity contribution in [2.24, 2.45) is 4.99 Å². The van der Waals surface area contributed by atoms with Gasteiger partial charge in [0, 0.05) is 12.2 Å². The molecule has 1 unspecified atom stereocenters. The van der Waals surface area contributed by atoms with Crippen molar-refractivity contribution in [1.29, 1.82) is 0 Å². The highest BCUT2D eigenvalue weighted by atomic mass is 16.3. The molecule has 0 radical (unpaired) electrons. The number of nitrogens with zero attached hydrogens (tertiary/aromatic N) is 2. The molecule has 1 atom stereocenters. The number of β-amino-alcohol motifs (C(OH)–C–C–N with tert-alkyl or cyclic N) is 1. The van der Waals surface area contributed by atoms with Crippen molar-refractivity contribution in [3.63, 3.8) is 0 Å². The molecular formula is C11H19N3O2. The molecule has 1 fully saturated rings. The largest absolute Gasteiger partial charge is 0.386 e. The third kappa shape index (κ3) is 4.02. The zero-order chi connectivity index (χ0) is 12.0. The summed E-state index contributed by atoms with van der Waals surface area (Å²) >= 11 is 0. The molecule has 0 saturated carbocycles. The van der Waals surface area contributed by atoms with E-state index < -0.39 is 5.60 Å². The number of likely N-dealkylation sites (tertiary alicyclic amines) is 1. The van der Waals surface area contributed by atoms with Crippen LogP contribution in [0.3, 0.4) is 0 Å². The Kier molecular flexibility index (Phi) is 4.49. The molecule has 1 amide bonds. The summed E-state index contributed by atoms with van der Waals surface area (Å²) < 4.78 is 0. The van der Waals surface area contributed by atoms with Gasteiger partial charge in [0.1, 0.15) is 5.60 Å². The zero-order valence-electron chi connectivity index (χ0n) is 9.65. The van der Waals surface area contributed by atoms with E-state index in [0.29, 0.717) is 19.5 Å². The molecule has 0 spiro atoms. The van der Waals surface area contributed by atoms with Gasteiger partial charge in [-0.3, -0.25) is 9.79 Å². The molecule has 16 heavy (non-hydrogen) atoms. The highest BCUT2D eigenvalue weighted by Crippen LogP contribution is 2.20. The van der Waals surface area contributed by atoms with Gasteiger partial charge >= 0.3 is 0 Å². The van der Waals surface area contributed by atoms with Crippen LogP contribution in [-0.2, 0) is 4.79 Å². The first kappa shape index (κ1) is 12.7. The third-order valence-electron chi connectivity index (χ3n) is 2.52. The van der Waals surface area contributed by atoms with Gasteiger partial charge in [-0.15, -0.1) is 0 Å². The second-order valence-corrected chi connectivity index (χ2v) is 4.30. The van der Waals surface area contributed by atoms with Crippen LogP contribution in [0, 0.1) is 0 Å². The number of piperidine rings is 1. The predicted molar refractivity (Wildman–Crippen MR) is 63.1 cm³/mol. The Morgan fingerprint density at radius 1 is 1.75 bits per heavy atom. The highest BCUT2D eigenvalue weighted by Gasteiger charge is 2.32. The van der Waals surface area contributed by atoms with Gasteiger partial charge in [0.15, 0.2) is 0 Å². The van der Waals surface area contributed by atoms with Crippen molar-refractivity contribution in [1.82, 2.24) is 10.2 Å². The van der Waals surface area contributed by atoms with Crippen molar-refractivity contribution < 1.29 is 9.90 Å². The average Bonchev–Trinajstić information content (AvgIpc) is 2.24. The zero-order valence-corrected chi connectivity index (χ0v) is 9.65. The van der Waals surface area contributed by atoms with Gasteiger partial charge in [0.25, 0.3) is 0 Å². The number of aliphatic hydroxyl groups is 1. The molecular weight excluding hydrogens is 206 g/mol. The fourth-order valence-corrected chi connectivity index (χ4v) is 1.74. The average molecular weight is 225 g/mol. The number of aliphatic imine (C=N–C) groups is 1. The van der Waals surface area contributed by atoms with Gasteiger partial charge < -0.3 is 15.3 Å². The lowest BCUT2D eigenvalue weighted by Gasteiger charge is -2.36. The number of carbonyl (C=O) groups is 1. The maximum atomic E-state index is 10.6. The van der Waals surface area contributed by atoms with Crippen molar-refractivity contribution in [2.75, 3.05) is 19.6 Å². The minimum absolute atomic E-state index is 0.303. The van der Waals surface area contributed by atoms with Gasteiger partial charge in [-0.2, -0.15) is 0 Å². The number of amides is 1. The van der Waals surface area contributed by atoms with Gasteiger partial charge in [0.05, 0.1) is 19.4 Å². The van der Waals surface area contributed by atoms with E-state index in [9.17, 15) is 9.90 Å². The molecule has 0 aromatic heterocycles. The lowest BCUT2D eigenvalue weighted by atomic mass is 9.93. The van der Waals surface area contributed by atoms with Crippen molar-refractivity contribution >= 4 is 12.7 Å². The minimum atomic E-state index is -0.883. The fourth-order valence-electron chi connectivity index (χ4n) is 1.74. The maximum absolute atomic E-state index is 10.6. The molecule has 0 bridgehead atoms. The van der Waals surface area contributed by atoms with Crippen LogP contribution in [0.25, 0.3) is 0 Å². The third-order valence-corrected chi connectivity index (χ3v) is 2.52. The van der Waals surface area contributed by atoms with Crippen LogP contribution < -0.4 is 5.32 Å². The standard InChI is InChI=1S/C11H19N3O2/c1-10(2)13-8-12-6-11(16)4-3-5-14(7-11)9-15/h8-9,16H,1,3-7H2,2H3,(H,12,13). The Morgan fingerprint density at radius 3 is 3.12 bits per heavy atom. The summed E-state index contributed by atoms with van der Waals surface area (Å²) in [6.07, 6.45) is 3.81. The summed E-state index contributed by atoms with van der Waals surface area (Å²) in [5, 5.41) is 13.0. The van der Waals surface area contributed by atoms with Crippen LogP contribution in [0.2, 0.25) is 0 Å². The maximum Gasteiger partial charge on any atom is 0.209 e. The van der Waals surface area contributed by atoms with Crippen LogP contribution in [0.15, 0.2) is 17.3 Å². The van der Waals surface area contributed by atoms with Gasteiger partial charge in [0.2, 0.25) is 6.41 Å². The van der Waals surface area contributed by atoms with E-state index in [1.807, 2.05) is 6.92 Å². The Bertz CT molecular complexity index is 291. The van der Waals surface area contributed by atoms with E-state index in [2.05, 4.69) is 16.9 Å². The summed E-state index contributed by atoms with van der Waals surface area (Å²) in [5.41, 5.74) is -0.0826. The summed E-state index contributed by atoms with van der Waals surface area (Å²) in [6, 6.07) is 0. The first-order valence-electron chi connectivity index (χ1n) is 5.38. The fraction of sp³-hybridized carbons (Fsp3) is 0.636. The molecule has 90 valence electrons. The summed E-state index contributed by atoms with van der Waals surface area (Å²) in [5.74, 6) is 0. The van der Waals surface area contributed by atoms with Crippen molar-refractivity contribution in [3.05, 3.63) is 12.3 Å². The Morgan fingerprint density at radius 2 is 2.50 bits per heavy atom. The number of allylic oxidation sites excluding steroid dienone is 1. The van der Waals surface area contributed by atoms with Crippen LogP contribution in [0.5, 0.6) is 0 Å². The second-order valence-electron chi connectivity index (χ2n) is 4.30. The van der Waals surface area contributed by atoms with Crippen LogP contribution in [0.1, 0.15) is 19.8 Å². The Balaban J connectivity index is 2.41. The number of rotatable bonds is 5. The van der Waals surface area contributed by atoms with E-state index in [1.54, 1.807) is 4.90 Å². The van der Waals surface area contributed by atoms with Gasteiger partial charge in [-0.1, -0.05) is 6.58 Å². The van der Waals surface area contributed by atoms with Gasteiger partial charge in [-0.05, 0) is 19.8 Å². The normalized spacial score (nSPS) is 25.8. The molecule has 2 N–H and O–H groups in total. The number of hydrogen-bond acceptors (Lipinski definition) is 3. The number of nitrogens with one attached hydrogen (secondary N) is 1. The van der Waals surface area contributed by atoms with E-state index in [4.69, 9.17) is 0 Å². The molecule has 0 aromatic carbocycles. The molecule has 1 rings (SSSR count). The van der Waals surface area contributed by atoms with Crippen LogP contribution in [0.4, 0.5) is 0 Å². The van der Waals surface area contributed by atoms with E-state index in [-0.39, 0.29) is 0 Å². The Labute approximate surface area is 95.9 Å². The summed E-state index contributed by atoms with van der Waals surface area (Å²) in [4.78, 5) is 16.3. The molecule has 0 aromatic rings. The van der Waals surface area contributed by atoms with E-state index >= 15 is 0 Å². The first-order valence-corrected chi connectivity index (χ1v) is 5.38. The molecule has 1 heterocycles. The molecule has 1 aliphatic rings. The van der Waals surface area contributed by atoms with Gasteiger partial charge in [-0.25, -0.2) is 0 Å².